The van der Waals surface area contributed by atoms with Crippen LogP contribution in [0.2, 0.25) is 5.02 Å². The van der Waals surface area contributed by atoms with Crippen LogP contribution in [0, 0.1) is 17.3 Å². The van der Waals surface area contributed by atoms with Gasteiger partial charge in [0.05, 0.1) is 12.0 Å². The van der Waals surface area contributed by atoms with Crippen LogP contribution in [0.3, 0.4) is 0 Å². The first-order chi connectivity index (χ1) is 17.9. The van der Waals surface area contributed by atoms with Crippen molar-refractivity contribution in [3.63, 3.8) is 0 Å². The third-order valence-corrected chi connectivity index (χ3v) is 9.48. The molecule has 4 aliphatic rings. The highest BCUT2D eigenvalue weighted by molar-refractivity contribution is 6.30. The van der Waals surface area contributed by atoms with E-state index in [1.807, 2.05) is 12.1 Å². The largest absolute Gasteiger partial charge is 0.461 e. The number of hydrogen-bond donors (Lipinski definition) is 0. The predicted molar refractivity (Wildman–Crippen MR) is 148 cm³/mol. The zero-order chi connectivity index (χ0) is 25.6. The average Bonchev–Trinajstić information content (AvgIpc) is 3.19. The van der Waals surface area contributed by atoms with Crippen molar-refractivity contribution in [1.82, 2.24) is 9.80 Å². The van der Waals surface area contributed by atoms with Crippen LogP contribution in [-0.4, -0.2) is 54.6 Å². The fourth-order valence-corrected chi connectivity index (χ4v) is 7.34. The first-order valence-electron chi connectivity index (χ1n) is 13.8. The lowest BCUT2D eigenvalue weighted by Crippen LogP contribution is -2.50. The van der Waals surface area contributed by atoms with Gasteiger partial charge in [0, 0.05) is 43.7 Å². The Balaban J connectivity index is 1.16. The molecular formula is C32H37ClN2O2. The standard InChI is InChI=1S/C32H37ClN2O2/c1-22-7-6-14-32(2)20-29-26(19-28(22)32)27(31(36)37-29)21-34-15-17-35(18-16-34)30(23-8-4-3-5-9-23)24-10-12-25(33)13-11-24/h3-5,7-13,19,26-27,29-30H,6,14-18,20-21H2,1-2H3/t26-,27-,29+,30-,32-/m0/s1. The Labute approximate surface area is 225 Å². The Hall–Kier alpha value is -2.40. The summed E-state index contributed by atoms with van der Waals surface area (Å²) < 4.78 is 6.00. The summed E-state index contributed by atoms with van der Waals surface area (Å²) >= 11 is 6.20. The maximum absolute atomic E-state index is 13.1. The van der Waals surface area contributed by atoms with E-state index >= 15 is 0 Å². The molecule has 2 aliphatic heterocycles. The maximum Gasteiger partial charge on any atom is 0.311 e. The molecule has 194 valence electrons. The van der Waals surface area contributed by atoms with Crippen LogP contribution in [-0.2, 0) is 9.53 Å². The first kappa shape index (κ1) is 24.9. The number of piperazine rings is 1. The van der Waals surface area contributed by atoms with Gasteiger partial charge in [-0.2, -0.15) is 0 Å². The van der Waals surface area contributed by atoms with Gasteiger partial charge in [0.15, 0.2) is 0 Å². The summed E-state index contributed by atoms with van der Waals surface area (Å²) in [4.78, 5) is 18.1. The van der Waals surface area contributed by atoms with Crippen LogP contribution in [0.15, 0.2) is 77.9 Å². The van der Waals surface area contributed by atoms with E-state index in [9.17, 15) is 4.79 Å². The third kappa shape index (κ3) is 4.80. The van der Waals surface area contributed by atoms with Gasteiger partial charge in [-0.05, 0) is 60.4 Å². The summed E-state index contributed by atoms with van der Waals surface area (Å²) in [5, 5.41) is 0.763. The van der Waals surface area contributed by atoms with Crippen molar-refractivity contribution in [2.45, 2.75) is 45.3 Å². The van der Waals surface area contributed by atoms with Crippen molar-refractivity contribution >= 4 is 17.6 Å². The third-order valence-electron chi connectivity index (χ3n) is 9.22. The Morgan fingerprint density at radius 2 is 1.73 bits per heavy atom. The zero-order valence-electron chi connectivity index (χ0n) is 21.9. The van der Waals surface area contributed by atoms with E-state index in [2.05, 4.69) is 78.3 Å². The minimum Gasteiger partial charge on any atom is -0.461 e. The molecule has 6 rings (SSSR count). The quantitative estimate of drug-likeness (QED) is 0.438. The molecule has 0 bridgehead atoms. The summed E-state index contributed by atoms with van der Waals surface area (Å²) in [5.41, 5.74) is 5.57. The van der Waals surface area contributed by atoms with E-state index in [4.69, 9.17) is 16.3 Å². The fourth-order valence-electron chi connectivity index (χ4n) is 7.21. The van der Waals surface area contributed by atoms with Crippen molar-refractivity contribution in [1.29, 1.82) is 0 Å². The predicted octanol–water partition coefficient (Wildman–Crippen LogP) is 6.28. The highest BCUT2D eigenvalue weighted by atomic mass is 35.5. The second-order valence-electron chi connectivity index (χ2n) is 11.6. The van der Waals surface area contributed by atoms with Crippen molar-refractivity contribution < 1.29 is 9.53 Å². The molecule has 2 heterocycles. The number of carbonyl (C=O) groups excluding carboxylic acids is 1. The van der Waals surface area contributed by atoms with Gasteiger partial charge in [-0.15, -0.1) is 0 Å². The van der Waals surface area contributed by atoms with Crippen LogP contribution in [0.25, 0.3) is 0 Å². The molecule has 37 heavy (non-hydrogen) atoms. The van der Waals surface area contributed by atoms with Crippen molar-refractivity contribution in [2.24, 2.45) is 17.3 Å². The number of hydrogen-bond acceptors (Lipinski definition) is 4. The molecule has 5 heteroatoms. The van der Waals surface area contributed by atoms with Crippen molar-refractivity contribution in [2.75, 3.05) is 32.7 Å². The highest BCUT2D eigenvalue weighted by Gasteiger charge is 2.51. The molecule has 4 nitrogen and oxygen atoms in total. The van der Waals surface area contributed by atoms with Crippen LogP contribution in [0.5, 0.6) is 0 Å². The molecule has 0 unspecified atom stereocenters. The van der Waals surface area contributed by atoms with Crippen LogP contribution in [0.4, 0.5) is 0 Å². The number of benzene rings is 2. The molecule has 0 radical (unpaired) electrons. The van der Waals surface area contributed by atoms with Gasteiger partial charge in [0.1, 0.15) is 6.10 Å². The molecule has 5 atom stereocenters. The van der Waals surface area contributed by atoms with E-state index in [1.54, 1.807) is 0 Å². The normalized spacial score (nSPS) is 31.1. The lowest BCUT2D eigenvalue weighted by Gasteiger charge is -2.43. The SMILES string of the molecule is CC1=CCC[C@@]2(C)C[C@H]3OC(=O)[C@@H](CN4CCN([C@@H](c5ccccc5)c5ccc(Cl)cc5)CC4)[C@@H]3C=C12. The van der Waals surface area contributed by atoms with Gasteiger partial charge in [-0.1, -0.05) is 78.7 Å². The number of fused-ring (bicyclic) bond motifs is 2. The number of halogens is 1. The molecule has 0 saturated carbocycles. The fraction of sp³-hybridized carbons (Fsp3) is 0.469. The summed E-state index contributed by atoms with van der Waals surface area (Å²) in [6, 6.07) is 19.2. The lowest BCUT2D eigenvalue weighted by molar-refractivity contribution is -0.145. The number of rotatable bonds is 5. The number of carbonyl (C=O) groups is 1. The molecule has 0 amide bonds. The van der Waals surface area contributed by atoms with Crippen LogP contribution in [0.1, 0.15) is 50.3 Å². The monoisotopic (exact) mass is 516 g/mol. The van der Waals surface area contributed by atoms with Crippen molar-refractivity contribution in [3.05, 3.63) is 94.0 Å². The maximum atomic E-state index is 13.1. The second-order valence-corrected chi connectivity index (χ2v) is 12.1. The summed E-state index contributed by atoms with van der Waals surface area (Å²) in [6.07, 6.45) is 8.05. The molecule has 0 N–H and O–H groups in total. The summed E-state index contributed by atoms with van der Waals surface area (Å²) in [6.45, 7) is 9.19. The average molecular weight is 517 g/mol. The van der Waals surface area contributed by atoms with Gasteiger partial charge in [0.2, 0.25) is 0 Å². The molecule has 2 saturated heterocycles. The molecule has 0 aromatic heterocycles. The summed E-state index contributed by atoms with van der Waals surface area (Å²) in [7, 11) is 0. The van der Waals surface area contributed by atoms with Crippen LogP contribution >= 0.6 is 11.6 Å². The highest BCUT2D eigenvalue weighted by Crippen LogP contribution is 2.52. The second kappa shape index (κ2) is 10.1. The van der Waals surface area contributed by atoms with Gasteiger partial charge in [-0.25, -0.2) is 0 Å². The Morgan fingerprint density at radius 1 is 1.03 bits per heavy atom. The minimum absolute atomic E-state index is 0.00138. The van der Waals surface area contributed by atoms with Gasteiger partial charge in [0.25, 0.3) is 0 Å². The molecule has 2 aromatic carbocycles. The molecule has 2 aromatic rings. The molecule has 2 fully saturated rings. The van der Waals surface area contributed by atoms with Gasteiger partial charge >= 0.3 is 5.97 Å². The smallest absolute Gasteiger partial charge is 0.311 e. The number of allylic oxidation sites excluding steroid dienone is 3. The minimum atomic E-state index is -0.0653. The number of esters is 1. The Kier molecular flexibility index (Phi) is 6.77. The molecule has 0 spiro atoms. The van der Waals surface area contributed by atoms with Crippen LogP contribution < -0.4 is 0 Å². The van der Waals surface area contributed by atoms with Gasteiger partial charge < -0.3 is 4.74 Å². The van der Waals surface area contributed by atoms with Crippen molar-refractivity contribution in [3.8, 4) is 0 Å². The number of ether oxygens (including phenoxy) is 1. The number of nitrogens with zero attached hydrogens (tertiary/aromatic N) is 2. The van der Waals surface area contributed by atoms with E-state index in [-0.39, 0.29) is 35.4 Å². The van der Waals surface area contributed by atoms with E-state index < -0.39 is 0 Å². The van der Waals surface area contributed by atoms with Gasteiger partial charge in [-0.3, -0.25) is 14.6 Å². The topological polar surface area (TPSA) is 32.8 Å². The molecule has 2 aliphatic carbocycles. The Bertz CT molecular complexity index is 1200. The van der Waals surface area contributed by atoms with E-state index in [1.165, 1.54) is 22.3 Å². The van der Waals surface area contributed by atoms with E-state index in [0.717, 1.165) is 57.0 Å². The summed E-state index contributed by atoms with van der Waals surface area (Å²) in [5.74, 6) is 0.132. The Morgan fingerprint density at radius 3 is 2.46 bits per heavy atom. The van der Waals surface area contributed by atoms with E-state index in [0.29, 0.717) is 0 Å². The zero-order valence-corrected chi connectivity index (χ0v) is 22.7. The molecular weight excluding hydrogens is 480 g/mol. The lowest BCUT2D eigenvalue weighted by atomic mass is 9.62. The first-order valence-corrected chi connectivity index (χ1v) is 14.2.